The second kappa shape index (κ2) is 5.99. The van der Waals surface area contributed by atoms with E-state index in [9.17, 15) is 17.6 Å². The van der Waals surface area contributed by atoms with Gasteiger partial charge in [-0.15, -0.1) is 0 Å². The zero-order chi connectivity index (χ0) is 15.8. The van der Waals surface area contributed by atoms with Gasteiger partial charge in [-0.25, -0.2) is 17.9 Å². The molecule has 1 heterocycles. The third kappa shape index (κ3) is 3.60. The Morgan fingerprint density at radius 3 is 2.67 bits per heavy atom. The summed E-state index contributed by atoms with van der Waals surface area (Å²) in [6.45, 7) is 0.854. The minimum atomic E-state index is -4.14. The molecule has 0 aliphatic carbocycles. The number of primary sulfonamides is 1. The summed E-state index contributed by atoms with van der Waals surface area (Å²) in [4.78, 5) is 13.5. The maximum Gasteiger partial charge on any atom is 0.255 e. The first-order valence-corrected chi connectivity index (χ1v) is 8.61. The first-order chi connectivity index (χ1) is 9.70. The molecule has 1 fully saturated rings. The molecule has 0 spiro atoms. The van der Waals surface area contributed by atoms with Gasteiger partial charge in [-0.05, 0) is 40.9 Å². The van der Waals surface area contributed by atoms with Crippen LogP contribution in [-0.2, 0) is 10.0 Å². The molecule has 1 atom stereocenters. The number of benzene rings is 1. The van der Waals surface area contributed by atoms with Crippen molar-refractivity contribution in [2.24, 2.45) is 10.9 Å². The molecule has 0 aromatic heterocycles. The van der Waals surface area contributed by atoms with Crippen LogP contribution in [0.3, 0.4) is 0 Å². The second-order valence-electron chi connectivity index (χ2n) is 4.96. The number of hydrogen-bond acceptors (Lipinski definition) is 4. The van der Waals surface area contributed by atoms with Gasteiger partial charge in [0.2, 0.25) is 10.0 Å². The minimum Gasteiger partial charge on any atom is -0.337 e. The highest BCUT2D eigenvalue weighted by atomic mass is 79.9. The molecule has 0 saturated carbocycles. The molecule has 0 unspecified atom stereocenters. The molecule has 4 N–H and O–H groups in total. The predicted molar refractivity (Wildman–Crippen MR) is 78.6 cm³/mol. The molecule has 21 heavy (non-hydrogen) atoms. The standard InChI is InChI=1S/C12H15BrFN3O3S/c13-11-9(4-7(14)5-10(11)21(16,19)20)12(18)17-3-1-2-8(15)6-17/h4-5,8H,1-3,6,15H2,(H2,16,19,20)/t8-/m1/s1. The number of carbonyl (C=O) groups is 1. The van der Waals surface area contributed by atoms with E-state index in [1.165, 1.54) is 4.90 Å². The van der Waals surface area contributed by atoms with Gasteiger partial charge in [0, 0.05) is 19.1 Å². The van der Waals surface area contributed by atoms with E-state index in [-0.39, 0.29) is 16.1 Å². The number of carbonyl (C=O) groups excluding carboxylic acids is 1. The number of halogens is 2. The second-order valence-corrected chi connectivity index (χ2v) is 7.29. The number of piperidine rings is 1. The Hall–Kier alpha value is -1.03. The van der Waals surface area contributed by atoms with Crippen LogP contribution in [0.1, 0.15) is 23.2 Å². The fourth-order valence-corrected chi connectivity index (χ4v) is 4.00. The molecule has 1 aliphatic heterocycles. The van der Waals surface area contributed by atoms with Gasteiger partial charge in [0.1, 0.15) is 5.82 Å². The highest BCUT2D eigenvalue weighted by molar-refractivity contribution is 9.10. The highest BCUT2D eigenvalue weighted by Crippen LogP contribution is 2.28. The average Bonchev–Trinajstić information content (AvgIpc) is 2.39. The van der Waals surface area contributed by atoms with Crippen molar-refractivity contribution in [1.82, 2.24) is 4.90 Å². The van der Waals surface area contributed by atoms with E-state index in [2.05, 4.69) is 15.9 Å². The first-order valence-electron chi connectivity index (χ1n) is 6.27. The Balaban J connectivity index is 2.44. The van der Waals surface area contributed by atoms with Gasteiger partial charge in [-0.3, -0.25) is 4.79 Å². The summed E-state index contributed by atoms with van der Waals surface area (Å²) < 4.78 is 36.5. The van der Waals surface area contributed by atoms with Crippen LogP contribution in [0.2, 0.25) is 0 Å². The molecule has 6 nitrogen and oxygen atoms in total. The van der Waals surface area contributed by atoms with Crippen LogP contribution in [0.15, 0.2) is 21.5 Å². The van der Waals surface area contributed by atoms with Crippen molar-refractivity contribution in [3.05, 3.63) is 28.0 Å². The van der Waals surface area contributed by atoms with Crippen LogP contribution < -0.4 is 10.9 Å². The maximum absolute atomic E-state index is 13.6. The van der Waals surface area contributed by atoms with Gasteiger partial charge in [-0.1, -0.05) is 0 Å². The van der Waals surface area contributed by atoms with Crippen LogP contribution >= 0.6 is 15.9 Å². The lowest BCUT2D eigenvalue weighted by molar-refractivity contribution is 0.0707. The molecule has 1 saturated heterocycles. The van der Waals surface area contributed by atoms with Gasteiger partial charge < -0.3 is 10.6 Å². The summed E-state index contributed by atoms with van der Waals surface area (Å²) in [6.07, 6.45) is 1.57. The Morgan fingerprint density at radius 1 is 1.43 bits per heavy atom. The Kier molecular flexibility index (Phi) is 4.66. The highest BCUT2D eigenvalue weighted by Gasteiger charge is 2.27. The fourth-order valence-electron chi connectivity index (χ4n) is 2.29. The van der Waals surface area contributed by atoms with E-state index in [0.717, 1.165) is 25.0 Å². The van der Waals surface area contributed by atoms with Crippen molar-refractivity contribution in [3.63, 3.8) is 0 Å². The van der Waals surface area contributed by atoms with E-state index in [4.69, 9.17) is 10.9 Å². The quantitative estimate of drug-likeness (QED) is 0.792. The average molecular weight is 380 g/mol. The molecule has 116 valence electrons. The van der Waals surface area contributed by atoms with Crippen molar-refractivity contribution in [1.29, 1.82) is 0 Å². The predicted octanol–water partition coefficient (Wildman–Crippen LogP) is 0.799. The van der Waals surface area contributed by atoms with Gasteiger partial charge >= 0.3 is 0 Å². The third-order valence-electron chi connectivity index (χ3n) is 3.29. The van der Waals surface area contributed by atoms with E-state index in [0.29, 0.717) is 13.1 Å². The largest absolute Gasteiger partial charge is 0.337 e. The molecule has 1 amide bonds. The van der Waals surface area contributed by atoms with Crippen molar-refractivity contribution in [3.8, 4) is 0 Å². The summed E-state index contributed by atoms with van der Waals surface area (Å²) in [6, 6.07) is 1.63. The molecule has 1 aliphatic rings. The number of likely N-dealkylation sites (tertiary alicyclic amines) is 1. The van der Waals surface area contributed by atoms with Crippen molar-refractivity contribution in [2.75, 3.05) is 13.1 Å². The summed E-state index contributed by atoms with van der Waals surface area (Å²) in [5, 5.41) is 5.03. The third-order valence-corrected chi connectivity index (χ3v) is 5.34. The van der Waals surface area contributed by atoms with Crippen LogP contribution in [0.4, 0.5) is 4.39 Å². The Labute approximate surface area is 130 Å². The summed E-state index contributed by atoms with van der Waals surface area (Å²) in [5.41, 5.74) is 5.74. The molecule has 1 aromatic carbocycles. The van der Waals surface area contributed by atoms with Gasteiger partial charge in [0.25, 0.3) is 5.91 Å². The lowest BCUT2D eigenvalue weighted by atomic mass is 10.1. The van der Waals surface area contributed by atoms with Gasteiger partial charge in [0.15, 0.2) is 0 Å². The number of rotatable bonds is 2. The number of nitrogens with zero attached hydrogens (tertiary/aromatic N) is 1. The minimum absolute atomic E-state index is 0.0319. The molecular formula is C12H15BrFN3O3S. The molecule has 1 aromatic rings. The normalized spacial score (nSPS) is 19.6. The summed E-state index contributed by atoms with van der Waals surface area (Å²) in [7, 11) is -4.14. The molecule has 0 bridgehead atoms. The molecular weight excluding hydrogens is 365 g/mol. The van der Waals surface area contributed by atoms with E-state index in [1.54, 1.807) is 0 Å². The molecule has 2 rings (SSSR count). The van der Waals surface area contributed by atoms with Crippen LogP contribution in [-0.4, -0.2) is 38.4 Å². The monoisotopic (exact) mass is 379 g/mol. The lowest BCUT2D eigenvalue weighted by Crippen LogP contribution is -2.45. The zero-order valence-corrected chi connectivity index (χ0v) is 13.5. The number of nitrogens with two attached hydrogens (primary N) is 2. The Morgan fingerprint density at radius 2 is 2.10 bits per heavy atom. The van der Waals surface area contributed by atoms with Crippen molar-refractivity contribution < 1.29 is 17.6 Å². The van der Waals surface area contributed by atoms with Crippen molar-refractivity contribution >= 4 is 31.9 Å². The van der Waals surface area contributed by atoms with Crippen molar-refractivity contribution in [2.45, 2.75) is 23.8 Å². The topological polar surface area (TPSA) is 106 Å². The zero-order valence-electron chi connectivity index (χ0n) is 11.1. The van der Waals surface area contributed by atoms with Crippen LogP contribution in [0, 0.1) is 5.82 Å². The molecule has 9 heteroatoms. The maximum atomic E-state index is 13.6. The van der Waals surface area contributed by atoms with Crippen LogP contribution in [0.25, 0.3) is 0 Å². The molecule has 0 radical (unpaired) electrons. The SMILES string of the molecule is N[C@@H]1CCCN(C(=O)c2cc(F)cc(S(N)(=O)=O)c2Br)C1. The number of amides is 1. The van der Waals surface area contributed by atoms with Crippen LogP contribution in [0.5, 0.6) is 0 Å². The van der Waals surface area contributed by atoms with Gasteiger partial charge in [-0.2, -0.15) is 0 Å². The summed E-state index contributed by atoms with van der Waals surface area (Å²) in [5.74, 6) is -1.31. The van der Waals surface area contributed by atoms with E-state index in [1.807, 2.05) is 0 Å². The number of sulfonamides is 1. The van der Waals surface area contributed by atoms with E-state index < -0.39 is 26.6 Å². The fraction of sp³-hybridized carbons (Fsp3) is 0.417. The summed E-state index contributed by atoms with van der Waals surface area (Å²) >= 11 is 3.03. The lowest BCUT2D eigenvalue weighted by Gasteiger charge is -2.31. The first kappa shape index (κ1) is 16.3. The Bertz CT molecular complexity index is 681. The van der Waals surface area contributed by atoms with E-state index >= 15 is 0 Å². The number of hydrogen-bond donors (Lipinski definition) is 2. The smallest absolute Gasteiger partial charge is 0.255 e. The van der Waals surface area contributed by atoms with Gasteiger partial charge in [0.05, 0.1) is 14.9 Å².